The molecule has 0 spiro atoms. The van der Waals surface area contributed by atoms with E-state index in [1.165, 1.54) is 0 Å². The molecule has 0 bridgehead atoms. The lowest BCUT2D eigenvalue weighted by molar-refractivity contribution is 0.568. The molecular formula is C9H12O2S2. The van der Waals surface area contributed by atoms with E-state index < -0.39 is 8.77 Å². The third kappa shape index (κ3) is 2.49. The van der Waals surface area contributed by atoms with Gasteiger partial charge in [-0.1, -0.05) is 25.2 Å². The molecule has 0 heterocycles. The summed E-state index contributed by atoms with van der Waals surface area (Å²) in [5.41, 5.74) is 0.868. The first-order valence-corrected chi connectivity index (χ1v) is 6.40. The van der Waals surface area contributed by atoms with Gasteiger partial charge in [0.25, 0.3) is 0 Å². The molecule has 1 rings (SSSR count). The summed E-state index contributed by atoms with van der Waals surface area (Å²) in [6.07, 6.45) is 7.19. The van der Waals surface area contributed by atoms with Crippen molar-refractivity contribution >= 4 is 20.0 Å². The van der Waals surface area contributed by atoms with Gasteiger partial charge in [-0.25, -0.2) is 4.21 Å². The minimum absolute atomic E-state index is 0.168. The standard InChI is InChI=1S/C9H12O2S2/c1-7-5-3-4-6-9(8(7)2)13(10,11)12/h3-7H,1-2H3,(H,10,11,12). The van der Waals surface area contributed by atoms with E-state index in [9.17, 15) is 8.76 Å². The van der Waals surface area contributed by atoms with Crippen molar-refractivity contribution in [2.75, 3.05) is 0 Å². The van der Waals surface area contributed by atoms with Gasteiger partial charge in [0.15, 0.2) is 8.77 Å². The Balaban J connectivity index is 3.29. The molecule has 1 aliphatic rings. The molecule has 0 aromatic carbocycles. The summed E-state index contributed by atoms with van der Waals surface area (Å²) in [7, 11) is -3.25. The molecule has 13 heavy (non-hydrogen) atoms. The Morgan fingerprint density at radius 3 is 2.69 bits per heavy atom. The van der Waals surface area contributed by atoms with Crippen molar-refractivity contribution < 1.29 is 8.76 Å². The second-order valence-electron chi connectivity index (χ2n) is 3.06. The van der Waals surface area contributed by atoms with E-state index in [4.69, 9.17) is 0 Å². The SMILES string of the molecule is CC1=C(S(=O)(O)=S)C=CC=CC1C. The van der Waals surface area contributed by atoms with Gasteiger partial charge < -0.3 is 4.55 Å². The average molecular weight is 216 g/mol. The maximum Gasteiger partial charge on any atom is 0.171 e. The maximum atomic E-state index is 11.3. The van der Waals surface area contributed by atoms with Gasteiger partial charge in [-0.15, -0.1) is 0 Å². The van der Waals surface area contributed by atoms with Crippen molar-refractivity contribution in [1.82, 2.24) is 0 Å². The molecule has 0 aliphatic heterocycles. The zero-order chi connectivity index (χ0) is 10.1. The van der Waals surface area contributed by atoms with E-state index in [0.717, 1.165) is 5.57 Å². The topological polar surface area (TPSA) is 37.3 Å². The first-order chi connectivity index (χ1) is 5.93. The number of rotatable bonds is 1. The summed E-state index contributed by atoms with van der Waals surface area (Å²) in [4.78, 5) is 0.375. The van der Waals surface area contributed by atoms with E-state index in [2.05, 4.69) is 11.2 Å². The molecule has 4 heteroatoms. The monoisotopic (exact) mass is 216 g/mol. The summed E-state index contributed by atoms with van der Waals surface area (Å²) in [5, 5.41) is 0. The molecule has 2 unspecified atom stereocenters. The van der Waals surface area contributed by atoms with Crippen LogP contribution in [0.25, 0.3) is 0 Å². The second-order valence-corrected chi connectivity index (χ2v) is 5.80. The van der Waals surface area contributed by atoms with Gasteiger partial charge in [0.05, 0.1) is 4.91 Å². The molecule has 0 fully saturated rings. The third-order valence-corrected chi connectivity index (χ3v) is 3.66. The van der Waals surface area contributed by atoms with Crippen LogP contribution in [0.3, 0.4) is 0 Å². The molecule has 0 aromatic rings. The summed E-state index contributed by atoms with van der Waals surface area (Å²) < 4.78 is 20.5. The van der Waals surface area contributed by atoms with Crippen LogP contribution in [0.5, 0.6) is 0 Å². The Morgan fingerprint density at radius 1 is 1.54 bits per heavy atom. The van der Waals surface area contributed by atoms with Crippen molar-refractivity contribution in [3.63, 3.8) is 0 Å². The van der Waals surface area contributed by atoms with Crippen molar-refractivity contribution in [3.05, 3.63) is 34.8 Å². The quantitative estimate of drug-likeness (QED) is 0.730. The lowest BCUT2D eigenvalue weighted by Crippen LogP contribution is -2.04. The Bertz CT molecular complexity index is 386. The van der Waals surface area contributed by atoms with Crippen LogP contribution in [0.4, 0.5) is 0 Å². The largest absolute Gasteiger partial charge is 0.302 e. The minimum Gasteiger partial charge on any atom is -0.302 e. The lowest BCUT2D eigenvalue weighted by atomic mass is 10.0. The highest BCUT2D eigenvalue weighted by molar-refractivity contribution is 8.32. The molecule has 2 nitrogen and oxygen atoms in total. The maximum absolute atomic E-state index is 11.3. The fraction of sp³-hybridized carbons (Fsp3) is 0.333. The Labute approximate surface area is 83.5 Å². The molecule has 72 valence electrons. The second kappa shape index (κ2) is 3.74. The molecule has 0 amide bonds. The van der Waals surface area contributed by atoms with Crippen molar-refractivity contribution in [3.8, 4) is 0 Å². The van der Waals surface area contributed by atoms with E-state index >= 15 is 0 Å². The normalized spacial score (nSPS) is 27.2. The van der Waals surface area contributed by atoms with E-state index in [-0.39, 0.29) is 5.92 Å². The molecule has 0 saturated heterocycles. The first kappa shape index (κ1) is 10.6. The van der Waals surface area contributed by atoms with Gasteiger partial charge in [-0.05, 0) is 24.5 Å². The highest BCUT2D eigenvalue weighted by Gasteiger charge is 2.14. The molecule has 0 aromatic heterocycles. The van der Waals surface area contributed by atoms with Crippen LogP contribution < -0.4 is 0 Å². The fourth-order valence-electron chi connectivity index (χ4n) is 1.16. The summed E-state index contributed by atoms with van der Waals surface area (Å²) in [6.45, 7) is 3.81. The van der Waals surface area contributed by atoms with Crippen LogP contribution in [-0.2, 0) is 20.0 Å². The van der Waals surface area contributed by atoms with E-state index in [1.807, 2.05) is 26.0 Å². The highest BCUT2D eigenvalue weighted by Crippen LogP contribution is 2.23. The predicted molar refractivity (Wildman–Crippen MR) is 58.3 cm³/mol. The van der Waals surface area contributed by atoms with Crippen molar-refractivity contribution in [2.24, 2.45) is 5.92 Å². The smallest absolute Gasteiger partial charge is 0.171 e. The van der Waals surface area contributed by atoms with Crippen molar-refractivity contribution in [2.45, 2.75) is 13.8 Å². The zero-order valence-electron chi connectivity index (χ0n) is 7.56. The zero-order valence-corrected chi connectivity index (χ0v) is 9.19. The average Bonchev–Trinajstić information content (AvgIpc) is 2.14. The minimum atomic E-state index is -3.25. The van der Waals surface area contributed by atoms with Crippen LogP contribution in [0.2, 0.25) is 0 Å². The number of hydrogen-bond donors (Lipinski definition) is 1. The summed E-state index contributed by atoms with van der Waals surface area (Å²) in [6, 6.07) is 0. The van der Waals surface area contributed by atoms with Crippen LogP contribution in [0.1, 0.15) is 13.8 Å². The van der Waals surface area contributed by atoms with Crippen LogP contribution in [-0.4, -0.2) is 8.76 Å². The number of allylic oxidation sites excluding steroid dienone is 5. The Morgan fingerprint density at radius 2 is 2.15 bits per heavy atom. The molecule has 0 radical (unpaired) electrons. The van der Waals surface area contributed by atoms with Gasteiger partial charge in [0.1, 0.15) is 0 Å². The molecule has 1 N–H and O–H groups in total. The fourth-order valence-corrected chi connectivity index (χ4v) is 2.57. The van der Waals surface area contributed by atoms with E-state index in [1.54, 1.807) is 12.2 Å². The lowest BCUT2D eigenvalue weighted by Gasteiger charge is -2.10. The van der Waals surface area contributed by atoms with Gasteiger partial charge in [-0.2, -0.15) is 0 Å². The molecule has 2 atom stereocenters. The molecule has 1 aliphatic carbocycles. The van der Waals surface area contributed by atoms with Crippen LogP contribution in [0.15, 0.2) is 34.8 Å². The van der Waals surface area contributed by atoms with Gasteiger partial charge in [0.2, 0.25) is 0 Å². The number of hydrogen-bond acceptors (Lipinski definition) is 2. The third-order valence-electron chi connectivity index (χ3n) is 2.11. The van der Waals surface area contributed by atoms with Crippen LogP contribution in [0, 0.1) is 5.92 Å². The highest BCUT2D eigenvalue weighted by atomic mass is 32.8. The van der Waals surface area contributed by atoms with Crippen LogP contribution >= 0.6 is 0 Å². The van der Waals surface area contributed by atoms with Crippen molar-refractivity contribution in [1.29, 1.82) is 0 Å². The predicted octanol–water partition coefficient (Wildman–Crippen LogP) is 2.24. The molecular weight excluding hydrogens is 204 g/mol. The Hall–Kier alpha value is -0.450. The summed E-state index contributed by atoms with van der Waals surface area (Å²) >= 11 is 4.54. The summed E-state index contributed by atoms with van der Waals surface area (Å²) in [5.74, 6) is 0.168. The van der Waals surface area contributed by atoms with Gasteiger partial charge in [-0.3, -0.25) is 0 Å². The first-order valence-electron chi connectivity index (χ1n) is 3.96. The molecule has 0 saturated carbocycles. The van der Waals surface area contributed by atoms with E-state index in [0.29, 0.717) is 4.91 Å². The Kier molecular flexibility index (Phi) is 3.05. The van der Waals surface area contributed by atoms with Gasteiger partial charge >= 0.3 is 0 Å². The van der Waals surface area contributed by atoms with Gasteiger partial charge in [0, 0.05) is 11.2 Å².